The number of nitrogens with zero attached hydrogens (tertiary/aromatic N) is 2. The molecule has 0 saturated carbocycles. The Morgan fingerprint density at radius 2 is 2.07 bits per heavy atom. The molecule has 0 fully saturated rings. The van der Waals surface area contributed by atoms with Crippen molar-refractivity contribution in [1.82, 2.24) is 14.9 Å². The number of thiophene rings is 1. The normalized spacial score (nSPS) is 10.7. The molecule has 3 rings (SSSR count). The molecule has 29 heavy (non-hydrogen) atoms. The Kier molecular flexibility index (Phi) is 6.28. The molecular formula is C20H21N3O5S. The molecule has 0 unspecified atom stereocenters. The van der Waals surface area contributed by atoms with Gasteiger partial charge in [-0.25, -0.2) is 4.98 Å². The Labute approximate surface area is 171 Å². The smallest absolute Gasteiger partial charge is 0.326 e. The lowest BCUT2D eigenvalue weighted by molar-refractivity contribution is -0.149. The van der Waals surface area contributed by atoms with Crippen LogP contribution in [0.3, 0.4) is 0 Å². The van der Waals surface area contributed by atoms with E-state index in [0.717, 1.165) is 16.0 Å². The van der Waals surface area contributed by atoms with Crippen molar-refractivity contribution in [2.24, 2.45) is 0 Å². The fraction of sp³-hybridized carbons (Fsp3) is 0.300. The molecule has 0 aliphatic carbocycles. The van der Waals surface area contributed by atoms with Crippen molar-refractivity contribution in [3.63, 3.8) is 0 Å². The zero-order valence-corrected chi connectivity index (χ0v) is 17.2. The molecule has 2 heterocycles. The standard InChI is InChI=1S/C20H21N3O5S/c1-12-13(2)29-19-18(12)20(26)23(11-22-19)9-17(25)28-10-16(24)21-8-14-5-4-6-15(7-14)27-3/h4-7,11H,8-10H2,1-3H3,(H,21,24). The van der Waals surface area contributed by atoms with Crippen molar-refractivity contribution in [1.29, 1.82) is 0 Å². The number of fused-ring (bicyclic) bond motifs is 1. The van der Waals surface area contributed by atoms with Crippen LogP contribution in [0.15, 0.2) is 35.4 Å². The third-order valence-corrected chi connectivity index (χ3v) is 5.56. The topological polar surface area (TPSA) is 99.5 Å². The largest absolute Gasteiger partial charge is 0.497 e. The summed E-state index contributed by atoms with van der Waals surface area (Å²) in [5, 5.41) is 3.18. The van der Waals surface area contributed by atoms with Crippen LogP contribution >= 0.6 is 11.3 Å². The van der Waals surface area contributed by atoms with E-state index in [4.69, 9.17) is 9.47 Å². The van der Waals surface area contributed by atoms with Crippen LogP contribution in [0, 0.1) is 13.8 Å². The van der Waals surface area contributed by atoms with Gasteiger partial charge in [0.1, 0.15) is 17.1 Å². The Bertz CT molecular complexity index is 1120. The number of hydrogen-bond donors (Lipinski definition) is 1. The Balaban J connectivity index is 1.54. The fourth-order valence-electron chi connectivity index (χ4n) is 2.75. The van der Waals surface area contributed by atoms with E-state index >= 15 is 0 Å². The van der Waals surface area contributed by atoms with Crippen molar-refractivity contribution >= 4 is 33.4 Å². The Morgan fingerprint density at radius 3 is 2.83 bits per heavy atom. The molecule has 0 aliphatic rings. The lowest BCUT2D eigenvalue weighted by atomic mass is 10.2. The number of carbonyl (C=O) groups is 2. The van der Waals surface area contributed by atoms with E-state index in [1.165, 1.54) is 22.2 Å². The number of benzene rings is 1. The number of aryl methyl sites for hydroxylation is 2. The summed E-state index contributed by atoms with van der Waals surface area (Å²) in [7, 11) is 1.57. The molecule has 0 bridgehead atoms. The average molecular weight is 415 g/mol. The highest BCUT2D eigenvalue weighted by Gasteiger charge is 2.15. The number of hydrogen-bond acceptors (Lipinski definition) is 7. The number of amides is 1. The summed E-state index contributed by atoms with van der Waals surface area (Å²) in [6.07, 6.45) is 1.32. The van der Waals surface area contributed by atoms with E-state index in [9.17, 15) is 14.4 Å². The van der Waals surface area contributed by atoms with Gasteiger partial charge in [0, 0.05) is 11.4 Å². The van der Waals surface area contributed by atoms with Gasteiger partial charge in [-0.05, 0) is 37.1 Å². The Hall–Kier alpha value is -3.20. The molecule has 0 spiro atoms. The first kappa shape index (κ1) is 20.5. The number of aromatic nitrogens is 2. The number of rotatable bonds is 7. The molecular weight excluding hydrogens is 394 g/mol. The summed E-state index contributed by atoms with van der Waals surface area (Å²) >= 11 is 1.44. The van der Waals surface area contributed by atoms with Crippen LogP contribution < -0.4 is 15.6 Å². The van der Waals surface area contributed by atoms with Gasteiger partial charge in [-0.3, -0.25) is 19.0 Å². The average Bonchev–Trinajstić information content (AvgIpc) is 3.01. The summed E-state index contributed by atoms with van der Waals surface area (Å²) < 4.78 is 11.3. The van der Waals surface area contributed by atoms with E-state index in [2.05, 4.69) is 10.3 Å². The van der Waals surface area contributed by atoms with Crippen LogP contribution in [0.1, 0.15) is 16.0 Å². The van der Waals surface area contributed by atoms with Crippen LogP contribution in [0.2, 0.25) is 0 Å². The highest BCUT2D eigenvalue weighted by atomic mass is 32.1. The number of carbonyl (C=O) groups excluding carboxylic acids is 2. The van der Waals surface area contributed by atoms with Crippen molar-refractivity contribution in [3.8, 4) is 5.75 Å². The highest BCUT2D eigenvalue weighted by Crippen LogP contribution is 2.25. The lowest BCUT2D eigenvalue weighted by Gasteiger charge is -2.08. The Morgan fingerprint density at radius 1 is 1.28 bits per heavy atom. The van der Waals surface area contributed by atoms with Gasteiger partial charge in [-0.2, -0.15) is 0 Å². The molecule has 1 aromatic carbocycles. The zero-order chi connectivity index (χ0) is 21.0. The van der Waals surface area contributed by atoms with E-state index < -0.39 is 18.5 Å². The van der Waals surface area contributed by atoms with Crippen LogP contribution in [0.4, 0.5) is 0 Å². The predicted octanol–water partition coefficient (Wildman–Crippen LogP) is 1.94. The van der Waals surface area contributed by atoms with Crippen LogP contribution in [0.25, 0.3) is 10.2 Å². The predicted molar refractivity (Wildman–Crippen MR) is 109 cm³/mol. The van der Waals surface area contributed by atoms with Crippen molar-refractivity contribution in [3.05, 3.63) is 57.0 Å². The molecule has 0 radical (unpaired) electrons. The molecule has 1 N–H and O–H groups in total. The van der Waals surface area contributed by atoms with Crippen molar-refractivity contribution in [2.45, 2.75) is 26.9 Å². The molecule has 0 atom stereocenters. The third kappa shape index (κ3) is 4.80. The van der Waals surface area contributed by atoms with Gasteiger partial charge >= 0.3 is 5.97 Å². The first-order chi connectivity index (χ1) is 13.9. The summed E-state index contributed by atoms with van der Waals surface area (Å²) in [5.74, 6) is -0.434. The maximum Gasteiger partial charge on any atom is 0.326 e. The maximum absolute atomic E-state index is 12.6. The minimum absolute atomic E-state index is 0.282. The van der Waals surface area contributed by atoms with Gasteiger partial charge in [-0.15, -0.1) is 11.3 Å². The van der Waals surface area contributed by atoms with Gasteiger partial charge < -0.3 is 14.8 Å². The first-order valence-electron chi connectivity index (χ1n) is 8.89. The van der Waals surface area contributed by atoms with Crippen LogP contribution in [-0.4, -0.2) is 35.1 Å². The van der Waals surface area contributed by atoms with Gasteiger partial charge in [0.05, 0.1) is 18.8 Å². The lowest BCUT2D eigenvalue weighted by Crippen LogP contribution is -2.31. The van der Waals surface area contributed by atoms with Gasteiger partial charge in [0.25, 0.3) is 11.5 Å². The molecule has 3 aromatic rings. The molecule has 9 heteroatoms. The van der Waals surface area contributed by atoms with Gasteiger partial charge in [0.2, 0.25) is 0 Å². The minimum atomic E-state index is -0.686. The SMILES string of the molecule is COc1cccc(CNC(=O)COC(=O)Cn2cnc3sc(C)c(C)c3c2=O)c1. The van der Waals surface area contributed by atoms with Crippen molar-refractivity contribution < 1.29 is 19.1 Å². The second-order valence-electron chi connectivity index (χ2n) is 6.43. The number of ether oxygens (including phenoxy) is 2. The fourth-order valence-corrected chi connectivity index (χ4v) is 3.73. The molecule has 0 saturated heterocycles. The number of esters is 1. The molecule has 1 amide bonds. The maximum atomic E-state index is 12.6. The second-order valence-corrected chi connectivity index (χ2v) is 7.63. The highest BCUT2D eigenvalue weighted by molar-refractivity contribution is 7.18. The molecule has 2 aromatic heterocycles. The minimum Gasteiger partial charge on any atom is -0.497 e. The summed E-state index contributed by atoms with van der Waals surface area (Å²) in [5.41, 5.74) is 1.43. The summed E-state index contributed by atoms with van der Waals surface area (Å²) in [4.78, 5) is 42.4. The zero-order valence-electron chi connectivity index (χ0n) is 16.4. The number of methoxy groups -OCH3 is 1. The van der Waals surface area contributed by atoms with Crippen molar-refractivity contribution in [2.75, 3.05) is 13.7 Å². The molecule has 152 valence electrons. The molecule has 8 nitrogen and oxygen atoms in total. The van der Waals surface area contributed by atoms with Crippen LogP contribution in [0.5, 0.6) is 5.75 Å². The van der Waals surface area contributed by atoms with E-state index in [-0.39, 0.29) is 18.6 Å². The third-order valence-electron chi connectivity index (χ3n) is 4.44. The molecule has 0 aliphatic heterocycles. The first-order valence-corrected chi connectivity index (χ1v) is 9.71. The van der Waals surface area contributed by atoms with E-state index in [1.807, 2.05) is 26.0 Å². The van der Waals surface area contributed by atoms with E-state index in [1.54, 1.807) is 19.2 Å². The second kappa shape index (κ2) is 8.87. The monoisotopic (exact) mass is 415 g/mol. The van der Waals surface area contributed by atoms with E-state index in [0.29, 0.717) is 16.0 Å². The van der Waals surface area contributed by atoms with Gasteiger partial charge in [-0.1, -0.05) is 12.1 Å². The summed E-state index contributed by atoms with van der Waals surface area (Å²) in [6, 6.07) is 7.27. The van der Waals surface area contributed by atoms with Crippen LogP contribution in [-0.2, 0) is 27.4 Å². The summed E-state index contributed by atoms with van der Waals surface area (Å²) in [6.45, 7) is 3.32. The van der Waals surface area contributed by atoms with Gasteiger partial charge in [0.15, 0.2) is 6.61 Å². The quantitative estimate of drug-likeness (QED) is 0.592. The number of nitrogens with one attached hydrogen (secondary N) is 1.